The standard InChI is InChI=1S/C29H35N3O5/c1-36-23-14-21-7-8-22(15-23)32(21)28(34)19-6-9-24-27(13-19)37-11-10-31(29(24)35)17-26(33)25-12-18-4-2-3-5-20(18)16-30-25/h2-6,9,13,21-23,25-26,30,33H,7-8,10-12,14-17H2,1H3. The summed E-state index contributed by atoms with van der Waals surface area (Å²) in [6.45, 7) is 1.62. The molecule has 0 aromatic heterocycles. The maximum Gasteiger partial charge on any atom is 0.257 e. The number of hydrogen-bond acceptors (Lipinski definition) is 6. The van der Waals surface area contributed by atoms with Crippen LogP contribution < -0.4 is 10.1 Å². The van der Waals surface area contributed by atoms with Gasteiger partial charge in [0.2, 0.25) is 0 Å². The molecule has 4 aliphatic heterocycles. The van der Waals surface area contributed by atoms with Crippen molar-refractivity contribution in [3.63, 3.8) is 0 Å². The smallest absolute Gasteiger partial charge is 0.257 e. The molecule has 6 rings (SSSR count). The second-order valence-corrected chi connectivity index (χ2v) is 10.8. The molecular weight excluding hydrogens is 470 g/mol. The van der Waals surface area contributed by atoms with Crippen LogP contribution in [0.15, 0.2) is 42.5 Å². The molecule has 8 nitrogen and oxygen atoms in total. The van der Waals surface area contributed by atoms with Crippen molar-refractivity contribution < 1.29 is 24.2 Å². The molecule has 4 unspecified atom stereocenters. The van der Waals surface area contributed by atoms with E-state index in [2.05, 4.69) is 17.4 Å². The molecular formula is C29H35N3O5. The molecule has 4 aliphatic rings. The van der Waals surface area contributed by atoms with Gasteiger partial charge in [-0.25, -0.2) is 0 Å². The van der Waals surface area contributed by atoms with Gasteiger partial charge < -0.3 is 29.7 Å². The summed E-state index contributed by atoms with van der Waals surface area (Å²) in [7, 11) is 1.75. The lowest BCUT2D eigenvalue weighted by molar-refractivity contribution is 0.00819. The number of nitrogens with zero attached hydrogens (tertiary/aromatic N) is 2. The predicted octanol–water partition coefficient (Wildman–Crippen LogP) is 2.38. The van der Waals surface area contributed by atoms with E-state index in [-0.39, 0.29) is 42.6 Å². The molecule has 0 spiro atoms. The van der Waals surface area contributed by atoms with Crippen molar-refractivity contribution in [2.45, 2.75) is 69.0 Å². The summed E-state index contributed by atoms with van der Waals surface area (Å²) in [4.78, 5) is 30.6. The zero-order valence-corrected chi connectivity index (χ0v) is 21.3. The Kier molecular flexibility index (Phi) is 6.65. The Balaban J connectivity index is 1.14. The quantitative estimate of drug-likeness (QED) is 0.649. The first-order chi connectivity index (χ1) is 18.0. The zero-order chi connectivity index (χ0) is 25.5. The molecule has 8 heteroatoms. The summed E-state index contributed by atoms with van der Waals surface area (Å²) >= 11 is 0. The first-order valence-electron chi connectivity index (χ1n) is 13.4. The number of ether oxygens (including phenoxy) is 2. The second kappa shape index (κ2) is 10.1. The van der Waals surface area contributed by atoms with Gasteiger partial charge >= 0.3 is 0 Å². The Morgan fingerprint density at radius 2 is 1.92 bits per heavy atom. The molecule has 4 atom stereocenters. The van der Waals surface area contributed by atoms with Gasteiger partial charge in [0.15, 0.2) is 0 Å². The normalized spacial score (nSPS) is 27.7. The summed E-state index contributed by atoms with van der Waals surface area (Å²) in [5.74, 6) is 0.264. The van der Waals surface area contributed by atoms with E-state index >= 15 is 0 Å². The first kappa shape index (κ1) is 24.4. The minimum Gasteiger partial charge on any atom is -0.491 e. The number of rotatable bonds is 5. The maximum absolute atomic E-state index is 13.5. The van der Waals surface area contributed by atoms with E-state index in [0.717, 1.165) is 32.1 Å². The number of aliphatic hydroxyl groups is 1. The van der Waals surface area contributed by atoms with E-state index in [0.29, 0.717) is 36.6 Å². The van der Waals surface area contributed by atoms with Crippen LogP contribution in [-0.2, 0) is 17.7 Å². The maximum atomic E-state index is 13.5. The van der Waals surface area contributed by atoms with Crippen molar-refractivity contribution in [2.24, 2.45) is 0 Å². The Hall–Kier alpha value is -2.94. The Morgan fingerprint density at radius 1 is 1.16 bits per heavy atom. The van der Waals surface area contributed by atoms with Crippen LogP contribution in [0.1, 0.15) is 57.5 Å². The summed E-state index contributed by atoms with van der Waals surface area (Å²) < 4.78 is 11.5. The van der Waals surface area contributed by atoms with E-state index in [1.54, 1.807) is 30.2 Å². The molecule has 2 saturated heterocycles. The topological polar surface area (TPSA) is 91.3 Å². The van der Waals surface area contributed by atoms with Crippen molar-refractivity contribution in [1.82, 2.24) is 15.1 Å². The van der Waals surface area contributed by atoms with Gasteiger partial charge in [0.25, 0.3) is 11.8 Å². The van der Waals surface area contributed by atoms with Gasteiger partial charge in [-0.1, -0.05) is 24.3 Å². The van der Waals surface area contributed by atoms with Crippen molar-refractivity contribution in [3.8, 4) is 5.75 Å². The molecule has 2 aromatic carbocycles. The lowest BCUT2D eigenvalue weighted by Crippen LogP contribution is -2.50. The highest BCUT2D eigenvalue weighted by molar-refractivity contribution is 6.00. The van der Waals surface area contributed by atoms with E-state index in [4.69, 9.17) is 9.47 Å². The number of aliphatic hydroxyl groups excluding tert-OH is 1. The van der Waals surface area contributed by atoms with Gasteiger partial charge in [0.1, 0.15) is 12.4 Å². The number of piperidine rings is 1. The number of nitrogens with one attached hydrogen (secondary N) is 1. The summed E-state index contributed by atoms with van der Waals surface area (Å²) in [6, 6.07) is 13.7. The predicted molar refractivity (Wildman–Crippen MR) is 138 cm³/mol. The van der Waals surface area contributed by atoms with Gasteiger partial charge in [-0.05, 0) is 61.4 Å². The number of carbonyl (C=O) groups is 2. The molecule has 0 aliphatic carbocycles. The van der Waals surface area contributed by atoms with E-state index < -0.39 is 6.10 Å². The molecule has 2 amide bonds. The SMILES string of the molecule is COC1CC2CCC(C1)N2C(=O)c1ccc2c(c1)OCCN(CC(O)C1Cc3ccccc3CN1)C2=O. The number of β-amino-alcohol motifs (C(OH)–C–C–N with tert-alkyl or cyclic N) is 1. The Morgan fingerprint density at radius 3 is 2.68 bits per heavy atom. The molecule has 0 radical (unpaired) electrons. The fourth-order valence-corrected chi connectivity index (χ4v) is 6.57. The van der Waals surface area contributed by atoms with E-state index in [9.17, 15) is 14.7 Å². The van der Waals surface area contributed by atoms with Gasteiger partial charge in [-0.15, -0.1) is 0 Å². The minimum atomic E-state index is -0.704. The molecule has 2 fully saturated rings. The zero-order valence-electron chi connectivity index (χ0n) is 21.3. The van der Waals surface area contributed by atoms with Crippen molar-refractivity contribution >= 4 is 11.8 Å². The number of hydrogen-bond donors (Lipinski definition) is 2. The highest BCUT2D eigenvalue weighted by atomic mass is 16.5. The second-order valence-electron chi connectivity index (χ2n) is 10.8. The third kappa shape index (κ3) is 4.62. The van der Waals surface area contributed by atoms with Crippen LogP contribution >= 0.6 is 0 Å². The van der Waals surface area contributed by atoms with Crippen LogP contribution in [0.25, 0.3) is 0 Å². The molecule has 37 heavy (non-hydrogen) atoms. The summed E-state index contributed by atoms with van der Waals surface area (Å²) in [6.07, 6.45) is 4.00. The van der Waals surface area contributed by atoms with Gasteiger partial charge in [0.05, 0.1) is 24.3 Å². The molecule has 196 valence electrons. The van der Waals surface area contributed by atoms with Crippen LogP contribution in [-0.4, -0.2) is 83.9 Å². The van der Waals surface area contributed by atoms with E-state index in [1.807, 2.05) is 17.0 Å². The molecule has 4 heterocycles. The van der Waals surface area contributed by atoms with Crippen LogP contribution in [0, 0.1) is 0 Å². The van der Waals surface area contributed by atoms with Crippen molar-refractivity contribution in [3.05, 3.63) is 64.7 Å². The average molecular weight is 506 g/mol. The number of carbonyl (C=O) groups excluding carboxylic acids is 2. The third-order valence-electron chi connectivity index (χ3n) is 8.61. The number of amides is 2. The summed E-state index contributed by atoms with van der Waals surface area (Å²) in [5.41, 5.74) is 3.47. The third-order valence-corrected chi connectivity index (χ3v) is 8.61. The van der Waals surface area contributed by atoms with Crippen LogP contribution in [0.3, 0.4) is 0 Å². The van der Waals surface area contributed by atoms with Crippen molar-refractivity contribution in [2.75, 3.05) is 26.8 Å². The average Bonchev–Trinajstić information content (AvgIpc) is 3.09. The van der Waals surface area contributed by atoms with E-state index in [1.165, 1.54) is 11.1 Å². The minimum absolute atomic E-state index is 0.00100. The monoisotopic (exact) mass is 505 g/mol. The van der Waals surface area contributed by atoms with Gasteiger partial charge in [-0.3, -0.25) is 9.59 Å². The molecule has 2 bridgehead atoms. The number of benzene rings is 2. The van der Waals surface area contributed by atoms with Gasteiger partial charge in [-0.2, -0.15) is 0 Å². The number of methoxy groups -OCH3 is 1. The van der Waals surface area contributed by atoms with Gasteiger partial charge in [0, 0.05) is 43.9 Å². The van der Waals surface area contributed by atoms with Crippen LogP contribution in [0.4, 0.5) is 0 Å². The fraction of sp³-hybridized carbons (Fsp3) is 0.517. The largest absolute Gasteiger partial charge is 0.491 e. The highest BCUT2D eigenvalue weighted by Gasteiger charge is 2.43. The highest BCUT2D eigenvalue weighted by Crippen LogP contribution is 2.38. The van der Waals surface area contributed by atoms with Crippen LogP contribution in [0.5, 0.6) is 5.75 Å². The summed E-state index contributed by atoms with van der Waals surface area (Å²) in [5, 5.41) is 14.4. The Labute approximate surface area is 217 Å². The molecule has 2 aromatic rings. The lowest BCUT2D eigenvalue weighted by Gasteiger charge is -2.38. The van der Waals surface area contributed by atoms with Crippen molar-refractivity contribution in [1.29, 1.82) is 0 Å². The lowest BCUT2D eigenvalue weighted by atomic mass is 9.92. The van der Waals surface area contributed by atoms with Crippen LogP contribution in [0.2, 0.25) is 0 Å². The molecule has 0 saturated carbocycles. The fourth-order valence-electron chi connectivity index (χ4n) is 6.57. The first-order valence-corrected chi connectivity index (χ1v) is 13.4. The number of fused-ring (bicyclic) bond motifs is 4. The Bertz CT molecular complexity index is 1170. The molecule has 2 N–H and O–H groups in total.